The zero-order chi connectivity index (χ0) is 13.7. The lowest BCUT2D eigenvalue weighted by molar-refractivity contribution is 0.107. The van der Waals surface area contributed by atoms with Crippen molar-refractivity contribution in [3.8, 4) is 0 Å². The van der Waals surface area contributed by atoms with E-state index >= 15 is 0 Å². The van der Waals surface area contributed by atoms with Crippen LogP contribution in [0.1, 0.15) is 11.1 Å². The van der Waals surface area contributed by atoms with Gasteiger partial charge in [0.05, 0.1) is 13.2 Å². The van der Waals surface area contributed by atoms with Gasteiger partial charge < -0.3 is 14.8 Å². The Balaban J connectivity index is 1.83. The van der Waals surface area contributed by atoms with E-state index in [9.17, 15) is 0 Å². The van der Waals surface area contributed by atoms with Gasteiger partial charge in [0.1, 0.15) is 0 Å². The largest absolute Gasteiger partial charge is 0.488 e. The molecular weight excluding hydrogens is 307 g/mol. The Bertz CT molecular complexity index is 511. The molecule has 0 saturated heterocycles. The lowest BCUT2D eigenvalue weighted by Crippen LogP contribution is -2.29. The maximum absolute atomic E-state index is 8.98. The van der Waals surface area contributed by atoms with Gasteiger partial charge in [0.2, 0.25) is 0 Å². The molecule has 5 heteroatoms. The van der Waals surface area contributed by atoms with E-state index in [0.717, 1.165) is 15.6 Å². The molecule has 2 aromatic carbocycles. The zero-order valence-corrected chi connectivity index (χ0v) is 11.9. The molecular formula is C14H14BBrO3. The highest BCUT2D eigenvalue weighted by Gasteiger charge is 2.09. The first-order valence-corrected chi connectivity index (χ1v) is 6.71. The molecule has 0 amide bonds. The molecule has 0 aliphatic heterocycles. The van der Waals surface area contributed by atoms with Crippen LogP contribution in [0.2, 0.25) is 0 Å². The van der Waals surface area contributed by atoms with Crippen LogP contribution in [-0.4, -0.2) is 17.2 Å². The molecule has 0 atom stereocenters. The molecule has 0 aliphatic carbocycles. The molecule has 0 heterocycles. The summed E-state index contributed by atoms with van der Waals surface area (Å²) in [5.41, 5.74) is 2.60. The molecule has 19 heavy (non-hydrogen) atoms. The Hall–Kier alpha value is -1.14. The highest BCUT2D eigenvalue weighted by Crippen LogP contribution is 2.12. The number of hydrogen-bond donors (Lipinski definition) is 2. The van der Waals surface area contributed by atoms with Gasteiger partial charge in [-0.1, -0.05) is 52.3 Å². The number of rotatable bonds is 5. The minimum absolute atomic E-state index is 0.483. The Morgan fingerprint density at radius 2 is 1.32 bits per heavy atom. The lowest BCUT2D eigenvalue weighted by Gasteiger charge is -2.06. The normalized spacial score (nSPS) is 10.5. The molecule has 0 saturated carbocycles. The molecule has 0 fully saturated rings. The summed E-state index contributed by atoms with van der Waals surface area (Å²) in [6, 6.07) is 15.0. The maximum atomic E-state index is 8.98. The molecule has 0 unspecified atom stereocenters. The molecule has 2 N–H and O–H groups in total. The van der Waals surface area contributed by atoms with Crippen molar-refractivity contribution in [2.24, 2.45) is 0 Å². The van der Waals surface area contributed by atoms with Crippen LogP contribution >= 0.6 is 15.9 Å². The minimum atomic E-state index is -1.42. The van der Waals surface area contributed by atoms with Crippen molar-refractivity contribution in [2.75, 3.05) is 0 Å². The summed E-state index contributed by atoms with van der Waals surface area (Å²) in [6.45, 7) is 1.05. The molecule has 0 aliphatic rings. The Morgan fingerprint density at radius 1 is 0.842 bits per heavy atom. The van der Waals surface area contributed by atoms with Gasteiger partial charge in [-0.05, 0) is 28.7 Å². The van der Waals surface area contributed by atoms with Gasteiger partial charge in [0.25, 0.3) is 0 Å². The molecule has 0 radical (unpaired) electrons. The van der Waals surface area contributed by atoms with E-state index in [1.807, 2.05) is 36.4 Å². The molecule has 0 bridgehead atoms. The van der Waals surface area contributed by atoms with Crippen LogP contribution in [0.25, 0.3) is 0 Å². The number of ether oxygens (including phenoxy) is 1. The Labute approximate surface area is 121 Å². The van der Waals surface area contributed by atoms with Crippen molar-refractivity contribution >= 4 is 28.5 Å². The molecule has 0 aromatic heterocycles. The third-order valence-electron chi connectivity index (χ3n) is 2.73. The predicted molar refractivity (Wildman–Crippen MR) is 78.9 cm³/mol. The topological polar surface area (TPSA) is 49.7 Å². The highest BCUT2D eigenvalue weighted by atomic mass is 79.9. The first-order valence-electron chi connectivity index (χ1n) is 5.92. The Kier molecular flexibility index (Phi) is 5.16. The average molecular weight is 321 g/mol. The standard InChI is InChI=1S/C14H14BBrO3/c16-14-7-3-12(4-8-14)10-19-9-11-1-5-13(6-2-11)15(17)18/h1-8,17-18H,9-10H2. The molecule has 2 rings (SSSR count). The third-order valence-corrected chi connectivity index (χ3v) is 3.26. The van der Waals surface area contributed by atoms with Crippen LogP contribution in [0, 0.1) is 0 Å². The van der Waals surface area contributed by atoms with Crippen molar-refractivity contribution in [2.45, 2.75) is 13.2 Å². The first kappa shape index (κ1) is 14.3. The Morgan fingerprint density at radius 3 is 1.79 bits per heavy atom. The third kappa shape index (κ3) is 4.47. The van der Waals surface area contributed by atoms with Crippen molar-refractivity contribution in [1.82, 2.24) is 0 Å². The monoisotopic (exact) mass is 320 g/mol. The van der Waals surface area contributed by atoms with Gasteiger partial charge in [-0.3, -0.25) is 0 Å². The molecule has 98 valence electrons. The number of hydrogen-bond acceptors (Lipinski definition) is 3. The maximum Gasteiger partial charge on any atom is 0.488 e. The van der Waals surface area contributed by atoms with Gasteiger partial charge in [-0.25, -0.2) is 0 Å². The van der Waals surface area contributed by atoms with Crippen molar-refractivity contribution in [3.63, 3.8) is 0 Å². The quantitative estimate of drug-likeness (QED) is 0.827. The van der Waals surface area contributed by atoms with E-state index in [1.165, 1.54) is 0 Å². The SMILES string of the molecule is OB(O)c1ccc(COCc2ccc(Br)cc2)cc1. The lowest BCUT2D eigenvalue weighted by atomic mass is 9.80. The molecule has 3 nitrogen and oxygen atoms in total. The van der Waals surface area contributed by atoms with Crippen LogP contribution in [0.3, 0.4) is 0 Å². The number of halogens is 1. The fourth-order valence-electron chi connectivity index (χ4n) is 1.65. The summed E-state index contributed by atoms with van der Waals surface area (Å²) >= 11 is 3.39. The van der Waals surface area contributed by atoms with E-state index < -0.39 is 7.12 Å². The summed E-state index contributed by atoms with van der Waals surface area (Å²) < 4.78 is 6.66. The van der Waals surface area contributed by atoms with E-state index in [2.05, 4.69) is 15.9 Å². The van der Waals surface area contributed by atoms with E-state index in [0.29, 0.717) is 18.7 Å². The molecule has 2 aromatic rings. The number of benzene rings is 2. The van der Waals surface area contributed by atoms with E-state index in [1.54, 1.807) is 12.1 Å². The average Bonchev–Trinajstić information content (AvgIpc) is 2.41. The van der Waals surface area contributed by atoms with Crippen LogP contribution in [0.5, 0.6) is 0 Å². The summed E-state index contributed by atoms with van der Waals surface area (Å²) in [6.07, 6.45) is 0. The summed E-state index contributed by atoms with van der Waals surface area (Å²) in [5, 5.41) is 18.0. The fourth-order valence-corrected chi connectivity index (χ4v) is 1.92. The van der Waals surface area contributed by atoms with Crippen LogP contribution in [0.4, 0.5) is 0 Å². The summed E-state index contributed by atoms with van der Waals surface area (Å²) in [7, 11) is -1.42. The van der Waals surface area contributed by atoms with E-state index in [-0.39, 0.29) is 0 Å². The van der Waals surface area contributed by atoms with Gasteiger partial charge >= 0.3 is 7.12 Å². The predicted octanol–water partition coefficient (Wildman–Crippen LogP) is 1.85. The van der Waals surface area contributed by atoms with Crippen molar-refractivity contribution < 1.29 is 14.8 Å². The van der Waals surface area contributed by atoms with Crippen LogP contribution < -0.4 is 5.46 Å². The second-order valence-electron chi connectivity index (χ2n) is 4.23. The van der Waals surface area contributed by atoms with Gasteiger partial charge in [0, 0.05) is 4.47 Å². The van der Waals surface area contributed by atoms with Gasteiger partial charge in [-0.2, -0.15) is 0 Å². The first-order chi connectivity index (χ1) is 9.15. The summed E-state index contributed by atoms with van der Waals surface area (Å²) in [4.78, 5) is 0. The minimum Gasteiger partial charge on any atom is -0.423 e. The van der Waals surface area contributed by atoms with Crippen molar-refractivity contribution in [3.05, 3.63) is 64.1 Å². The second-order valence-corrected chi connectivity index (χ2v) is 5.15. The zero-order valence-electron chi connectivity index (χ0n) is 10.3. The smallest absolute Gasteiger partial charge is 0.423 e. The molecule has 0 spiro atoms. The second kappa shape index (κ2) is 6.87. The highest BCUT2D eigenvalue weighted by molar-refractivity contribution is 9.10. The summed E-state index contributed by atoms with van der Waals surface area (Å²) in [5.74, 6) is 0. The van der Waals surface area contributed by atoms with Gasteiger partial charge in [-0.15, -0.1) is 0 Å². The van der Waals surface area contributed by atoms with Crippen LogP contribution in [-0.2, 0) is 18.0 Å². The van der Waals surface area contributed by atoms with Crippen LogP contribution in [0.15, 0.2) is 53.0 Å². The fraction of sp³-hybridized carbons (Fsp3) is 0.143. The van der Waals surface area contributed by atoms with Crippen molar-refractivity contribution in [1.29, 1.82) is 0 Å². The van der Waals surface area contributed by atoms with Gasteiger partial charge in [0.15, 0.2) is 0 Å². The van der Waals surface area contributed by atoms with E-state index in [4.69, 9.17) is 14.8 Å².